The number of nitrogens with one attached hydrogen (secondary N) is 1. The Labute approximate surface area is 197 Å². The Bertz CT molecular complexity index is 1140. The van der Waals surface area contributed by atoms with Gasteiger partial charge in [-0.15, -0.1) is 0 Å². The Balaban J connectivity index is 1.69. The van der Waals surface area contributed by atoms with Crippen LogP contribution in [0.15, 0.2) is 65.0 Å². The van der Waals surface area contributed by atoms with Gasteiger partial charge in [0.25, 0.3) is 0 Å². The van der Waals surface area contributed by atoms with Gasteiger partial charge in [0, 0.05) is 39.4 Å². The number of carbonyl (C=O) groups excluding carboxylic acids is 2. The first-order chi connectivity index (χ1) is 15.4. The van der Waals surface area contributed by atoms with Gasteiger partial charge in [-0.25, -0.2) is 4.79 Å². The van der Waals surface area contributed by atoms with E-state index in [-0.39, 0.29) is 12.4 Å². The molecule has 1 heterocycles. The van der Waals surface area contributed by atoms with Crippen LogP contribution in [0.1, 0.15) is 43.2 Å². The quantitative estimate of drug-likeness (QED) is 0.565. The number of hydrogen-bond acceptors (Lipinski definition) is 5. The van der Waals surface area contributed by atoms with Crippen molar-refractivity contribution < 1.29 is 19.1 Å². The molecule has 1 aliphatic heterocycles. The highest BCUT2D eigenvalue weighted by molar-refractivity contribution is 6.35. The highest BCUT2D eigenvalue weighted by Gasteiger charge is 2.40. The summed E-state index contributed by atoms with van der Waals surface area (Å²) in [6.45, 7) is 1.92. The molecule has 0 saturated heterocycles. The van der Waals surface area contributed by atoms with Crippen molar-refractivity contribution >= 4 is 35.0 Å². The molecule has 5 nitrogen and oxygen atoms in total. The molecular weight excluding hydrogens is 449 g/mol. The molecule has 0 amide bonds. The molecule has 0 spiro atoms. The second kappa shape index (κ2) is 9.39. The van der Waals surface area contributed by atoms with Crippen LogP contribution in [0, 0.1) is 0 Å². The van der Waals surface area contributed by atoms with E-state index in [2.05, 4.69) is 5.32 Å². The van der Waals surface area contributed by atoms with E-state index in [1.54, 1.807) is 25.3 Å². The zero-order valence-corrected chi connectivity index (χ0v) is 19.3. The monoisotopic (exact) mass is 471 g/mol. The highest BCUT2D eigenvalue weighted by Crippen LogP contribution is 2.45. The van der Waals surface area contributed by atoms with Crippen LogP contribution in [0.2, 0.25) is 10.0 Å². The van der Waals surface area contributed by atoms with Gasteiger partial charge in [0.1, 0.15) is 12.4 Å². The first kappa shape index (κ1) is 22.4. The number of halogens is 2. The van der Waals surface area contributed by atoms with Crippen LogP contribution in [-0.4, -0.2) is 18.9 Å². The normalized spacial score (nSPS) is 18.2. The second-order valence-corrected chi connectivity index (χ2v) is 8.70. The SMILES string of the molecule is COc1ccc(COC(=O)C2=C(C)NC3=C(C(=O)CCC3)C2c2ccc(Cl)cc2Cl)cc1. The van der Waals surface area contributed by atoms with Gasteiger partial charge < -0.3 is 14.8 Å². The van der Waals surface area contributed by atoms with E-state index in [1.165, 1.54) is 0 Å². The Morgan fingerprint density at radius 1 is 1.12 bits per heavy atom. The molecule has 2 aliphatic rings. The molecule has 2 aromatic rings. The number of benzene rings is 2. The van der Waals surface area contributed by atoms with Crippen LogP contribution >= 0.6 is 23.2 Å². The standard InChI is InChI=1S/C25H23Cl2NO4/c1-14-22(25(30)32-13-15-6-9-17(31-2)10-7-15)23(18-11-8-16(26)12-19(18)27)24-20(28-14)4-3-5-21(24)29/h6-12,23,28H,3-5,13H2,1-2H3. The van der Waals surface area contributed by atoms with Crippen LogP contribution in [0.3, 0.4) is 0 Å². The van der Waals surface area contributed by atoms with Crippen LogP contribution in [-0.2, 0) is 20.9 Å². The van der Waals surface area contributed by atoms with E-state index in [0.29, 0.717) is 38.9 Å². The van der Waals surface area contributed by atoms with Crippen molar-refractivity contribution in [2.24, 2.45) is 0 Å². The topological polar surface area (TPSA) is 64.6 Å². The molecule has 1 atom stereocenters. The minimum atomic E-state index is -0.604. The van der Waals surface area contributed by atoms with E-state index in [4.69, 9.17) is 32.7 Å². The van der Waals surface area contributed by atoms with Gasteiger partial charge in [-0.3, -0.25) is 4.79 Å². The summed E-state index contributed by atoms with van der Waals surface area (Å²) < 4.78 is 10.8. The number of ketones is 1. The third-order valence-corrected chi connectivity index (χ3v) is 6.36. The molecule has 7 heteroatoms. The van der Waals surface area contributed by atoms with Crippen molar-refractivity contribution in [3.8, 4) is 5.75 Å². The molecule has 0 saturated carbocycles. The summed E-state index contributed by atoms with van der Waals surface area (Å²) >= 11 is 12.6. The highest BCUT2D eigenvalue weighted by atomic mass is 35.5. The molecule has 4 rings (SSSR count). The predicted molar refractivity (Wildman–Crippen MR) is 124 cm³/mol. The van der Waals surface area contributed by atoms with Crippen molar-refractivity contribution in [1.82, 2.24) is 5.32 Å². The van der Waals surface area contributed by atoms with E-state index >= 15 is 0 Å². The van der Waals surface area contributed by atoms with E-state index in [0.717, 1.165) is 29.9 Å². The Kier molecular flexibility index (Phi) is 6.58. The van der Waals surface area contributed by atoms with Crippen LogP contribution < -0.4 is 10.1 Å². The van der Waals surface area contributed by atoms with Gasteiger partial charge in [0.15, 0.2) is 5.78 Å². The minimum Gasteiger partial charge on any atom is -0.497 e. The second-order valence-electron chi connectivity index (χ2n) is 7.86. The van der Waals surface area contributed by atoms with Gasteiger partial charge in [-0.1, -0.05) is 41.4 Å². The Morgan fingerprint density at radius 3 is 2.56 bits per heavy atom. The van der Waals surface area contributed by atoms with Crippen molar-refractivity contribution in [1.29, 1.82) is 0 Å². The summed E-state index contributed by atoms with van der Waals surface area (Å²) in [5, 5.41) is 4.17. The molecule has 166 valence electrons. The van der Waals surface area contributed by atoms with Gasteiger partial charge in [0.05, 0.1) is 12.7 Å². The molecule has 2 aromatic carbocycles. The number of ether oxygens (including phenoxy) is 2. The Morgan fingerprint density at radius 2 is 1.88 bits per heavy atom. The van der Waals surface area contributed by atoms with E-state index in [9.17, 15) is 9.59 Å². The maximum absolute atomic E-state index is 13.3. The lowest BCUT2D eigenvalue weighted by molar-refractivity contribution is -0.140. The lowest BCUT2D eigenvalue weighted by Gasteiger charge is -2.34. The third kappa shape index (κ3) is 4.41. The number of esters is 1. The number of carbonyl (C=O) groups is 2. The lowest BCUT2D eigenvalue weighted by atomic mass is 9.75. The van der Waals surface area contributed by atoms with Gasteiger partial charge in [-0.2, -0.15) is 0 Å². The summed E-state index contributed by atoms with van der Waals surface area (Å²) in [5.41, 5.74) is 3.97. The first-order valence-electron chi connectivity index (χ1n) is 10.4. The number of methoxy groups -OCH3 is 1. The zero-order chi connectivity index (χ0) is 22.8. The number of Topliss-reactive ketones (excluding diaryl/α,β-unsaturated/α-hetero) is 1. The van der Waals surface area contributed by atoms with Crippen molar-refractivity contribution in [2.45, 2.75) is 38.7 Å². The fraction of sp³-hybridized carbons (Fsp3) is 0.280. The number of rotatable bonds is 5. The van der Waals surface area contributed by atoms with Crippen LogP contribution in [0.25, 0.3) is 0 Å². The number of allylic oxidation sites excluding steroid dienone is 3. The summed E-state index contributed by atoms with van der Waals surface area (Å²) in [5.74, 6) is -0.357. The molecule has 1 aliphatic carbocycles. The maximum atomic E-state index is 13.3. The van der Waals surface area contributed by atoms with Gasteiger partial charge in [0.2, 0.25) is 0 Å². The summed E-state index contributed by atoms with van der Waals surface area (Å²) in [7, 11) is 1.60. The summed E-state index contributed by atoms with van der Waals surface area (Å²) in [6.07, 6.45) is 1.96. The number of dihydropyridines is 1. The molecule has 32 heavy (non-hydrogen) atoms. The molecular formula is C25H23Cl2NO4. The van der Waals surface area contributed by atoms with Crippen molar-refractivity contribution in [2.75, 3.05) is 7.11 Å². The van der Waals surface area contributed by atoms with Gasteiger partial charge >= 0.3 is 5.97 Å². The predicted octanol–water partition coefficient (Wildman–Crippen LogP) is 5.71. The lowest BCUT2D eigenvalue weighted by Crippen LogP contribution is -2.34. The largest absolute Gasteiger partial charge is 0.497 e. The average molecular weight is 472 g/mol. The number of hydrogen-bond donors (Lipinski definition) is 1. The molecule has 0 radical (unpaired) electrons. The zero-order valence-electron chi connectivity index (χ0n) is 17.8. The molecule has 0 fully saturated rings. The molecule has 0 bridgehead atoms. The van der Waals surface area contributed by atoms with E-state index in [1.807, 2.05) is 31.2 Å². The molecule has 1 N–H and O–H groups in total. The third-order valence-electron chi connectivity index (χ3n) is 5.80. The first-order valence-corrected chi connectivity index (χ1v) is 11.1. The van der Waals surface area contributed by atoms with E-state index < -0.39 is 11.9 Å². The average Bonchev–Trinajstić information content (AvgIpc) is 2.77. The Hall–Kier alpha value is -2.76. The molecule has 0 aromatic heterocycles. The smallest absolute Gasteiger partial charge is 0.337 e. The summed E-state index contributed by atoms with van der Waals surface area (Å²) in [4.78, 5) is 26.3. The van der Waals surface area contributed by atoms with Crippen molar-refractivity contribution in [3.63, 3.8) is 0 Å². The maximum Gasteiger partial charge on any atom is 0.337 e. The fourth-order valence-corrected chi connectivity index (χ4v) is 4.77. The fourth-order valence-electron chi connectivity index (χ4n) is 4.25. The van der Waals surface area contributed by atoms with Crippen LogP contribution in [0.4, 0.5) is 0 Å². The summed E-state index contributed by atoms with van der Waals surface area (Å²) in [6, 6.07) is 12.4. The van der Waals surface area contributed by atoms with Crippen LogP contribution in [0.5, 0.6) is 5.75 Å². The van der Waals surface area contributed by atoms with Gasteiger partial charge in [-0.05, 0) is 55.2 Å². The molecule has 1 unspecified atom stereocenters. The van der Waals surface area contributed by atoms with Crippen molar-refractivity contribution in [3.05, 3.63) is 86.2 Å². The minimum absolute atomic E-state index is 0.0164.